The molecule has 164 valence electrons. The Hall–Kier alpha value is -2.25. The minimum Gasteiger partial charge on any atom is -0.444 e. The second-order valence-electron chi connectivity index (χ2n) is 9.47. The van der Waals surface area contributed by atoms with E-state index in [-0.39, 0.29) is 17.6 Å². The van der Waals surface area contributed by atoms with Gasteiger partial charge in [-0.15, -0.1) is 0 Å². The smallest absolute Gasteiger partial charge is 0.410 e. The van der Waals surface area contributed by atoms with Crippen LogP contribution in [0.1, 0.15) is 73.0 Å². The Morgan fingerprint density at radius 2 is 2.07 bits per heavy atom. The Kier molecular flexibility index (Phi) is 7.54. The molecule has 0 saturated carbocycles. The first-order chi connectivity index (χ1) is 13.5. The van der Waals surface area contributed by atoms with Crippen molar-refractivity contribution in [3.05, 3.63) is 17.8 Å². The van der Waals surface area contributed by atoms with Crippen LogP contribution >= 0.6 is 0 Å². The molecule has 0 radical (unpaired) electrons. The predicted octanol–water partition coefficient (Wildman–Crippen LogP) is 3.43. The van der Waals surface area contributed by atoms with Gasteiger partial charge in [0.2, 0.25) is 5.89 Å². The number of nitrogens with zero attached hydrogens (tertiary/aromatic N) is 3. The number of hydrogen-bond donors (Lipinski definition) is 2. The molecule has 1 aliphatic heterocycles. The van der Waals surface area contributed by atoms with Crippen molar-refractivity contribution in [2.24, 2.45) is 4.99 Å². The average molecular weight is 408 g/mol. The van der Waals surface area contributed by atoms with E-state index in [0.29, 0.717) is 31.5 Å². The van der Waals surface area contributed by atoms with Gasteiger partial charge in [0.25, 0.3) is 0 Å². The molecule has 2 rings (SSSR count). The summed E-state index contributed by atoms with van der Waals surface area (Å²) >= 11 is 0. The number of oxazole rings is 1. The summed E-state index contributed by atoms with van der Waals surface area (Å²) < 4.78 is 11.3. The number of carbonyl (C=O) groups excluding carboxylic acids is 1. The predicted molar refractivity (Wildman–Crippen MR) is 114 cm³/mol. The minimum absolute atomic E-state index is 0.0784. The highest BCUT2D eigenvalue weighted by Gasteiger charge is 2.28. The van der Waals surface area contributed by atoms with Crippen LogP contribution in [-0.4, -0.2) is 53.2 Å². The van der Waals surface area contributed by atoms with Crippen LogP contribution in [0.4, 0.5) is 4.79 Å². The zero-order valence-electron chi connectivity index (χ0n) is 19.0. The van der Waals surface area contributed by atoms with E-state index in [4.69, 9.17) is 9.15 Å². The summed E-state index contributed by atoms with van der Waals surface area (Å²) in [5, 5.41) is 6.69. The largest absolute Gasteiger partial charge is 0.444 e. The minimum atomic E-state index is -0.490. The SMILES string of the molecule is CCNC(=NCc1ncc(C(C)(C)C)o1)NC1CCCN(C(=O)OC(C)(C)C)C1. The summed E-state index contributed by atoms with van der Waals surface area (Å²) in [6.45, 7) is 16.3. The van der Waals surface area contributed by atoms with Gasteiger partial charge in [-0.3, -0.25) is 0 Å². The van der Waals surface area contributed by atoms with Crippen molar-refractivity contribution in [2.45, 2.75) is 84.9 Å². The van der Waals surface area contributed by atoms with Gasteiger partial charge in [0.1, 0.15) is 17.9 Å². The van der Waals surface area contributed by atoms with E-state index in [1.54, 1.807) is 11.1 Å². The first-order valence-corrected chi connectivity index (χ1v) is 10.5. The number of ether oxygens (including phenoxy) is 1. The Bertz CT molecular complexity index is 700. The van der Waals surface area contributed by atoms with Gasteiger partial charge in [-0.2, -0.15) is 0 Å². The summed E-state index contributed by atoms with van der Waals surface area (Å²) in [4.78, 5) is 23.1. The second kappa shape index (κ2) is 9.50. The molecule has 1 unspecified atom stereocenters. The number of likely N-dealkylation sites (tertiary alicyclic amines) is 1. The lowest BCUT2D eigenvalue weighted by atomic mass is 9.94. The molecule has 1 amide bonds. The van der Waals surface area contributed by atoms with Crippen molar-refractivity contribution in [1.82, 2.24) is 20.5 Å². The van der Waals surface area contributed by atoms with E-state index in [1.807, 2.05) is 27.7 Å². The highest BCUT2D eigenvalue weighted by molar-refractivity contribution is 5.80. The van der Waals surface area contributed by atoms with E-state index >= 15 is 0 Å². The van der Waals surface area contributed by atoms with Crippen LogP contribution in [0.25, 0.3) is 0 Å². The highest BCUT2D eigenvalue weighted by atomic mass is 16.6. The van der Waals surface area contributed by atoms with Crippen molar-refractivity contribution in [2.75, 3.05) is 19.6 Å². The van der Waals surface area contributed by atoms with Crippen LogP contribution in [0.3, 0.4) is 0 Å². The van der Waals surface area contributed by atoms with Gasteiger partial charge in [0, 0.05) is 31.1 Å². The normalized spacial score (nSPS) is 18.5. The van der Waals surface area contributed by atoms with Crippen LogP contribution in [-0.2, 0) is 16.7 Å². The summed E-state index contributed by atoms with van der Waals surface area (Å²) in [6, 6.07) is 0.115. The molecule has 1 fully saturated rings. The summed E-state index contributed by atoms with van der Waals surface area (Å²) in [7, 11) is 0. The zero-order chi connectivity index (χ0) is 21.7. The molecule has 1 atom stereocenters. The molecular formula is C21H37N5O3. The van der Waals surface area contributed by atoms with Gasteiger partial charge in [-0.05, 0) is 40.5 Å². The summed E-state index contributed by atoms with van der Waals surface area (Å²) in [6.07, 6.45) is 3.40. The molecule has 1 aromatic rings. The Labute approximate surface area is 174 Å². The van der Waals surface area contributed by atoms with Crippen LogP contribution in [0.5, 0.6) is 0 Å². The van der Waals surface area contributed by atoms with Gasteiger partial charge < -0.3 is 24.7 Å². The second-order valence-corrected chi connectivity index (χ2v) is 9.47. The van der Waals surface area contributed by atoms with Gasteiger partial charge in [-0.25, -0.2) is 14.8 Å². The molecule has 1 aliphatic rings. The lowest BCUT2D eigenvalue weighted by molar-refractivity contribution is 0.0193. The topological polar surface area (TPSA) is 92.0 Å². The third-order valence-electron chi connectivity index (χ3n) is 4.42. The van der Waals surface area contributed by atoms with Crippen LogP contribution < -0.4 is 10.6 Å². The van der Waals surface area contributed by atoms with E-state index in [0.717, 1.165) is 25.1 Å². The van der Waals surface area contributed by atoms with Gasteiger partial charge >= 0.3 is 6.09 Å². The number of piperidine rings is 1. The first-order valence-electron chi connectivity index (χ1n) is 10.5. The van der Waals surface area contributed by atoms with E-state index in [1.165, 1.54) is 0 Å². The third-order valence-corrected chi connectivity index (χ3v) is 4.42. The number of rotatable bonds is 4. The molecule has 0 spiro atoms. The van der Waals surface area contributed by atoms with Crippen molar-refractivity contribution in [3.8, 4) is 0 Å². The van der Waals surface area contributed by atoms with Gasteiger partial charge in [-0.1, -0.05) is 20.8 Å². The number of nitrogens with one attached hydrogen (secondary N) is 2. The monoisotopic (exact) mass is 407 g/mol. The Balaban J connectivity index is 1.97. The molecule has 0 aromatic carbocycles. The van der Waals surface area contributed by atoms with E-state index in [9.17, 15) is 4.79 Å². The first kappa shape index (κ1) is 23.0. The van der Waals surface area contributed by atoms with Gasteiger partial charge in [0.15, 0.2) is 5.96 Å². The maximum Gasteiger partial charge on any atom is 0.410 e. The maximum atomic E-state index is 12.4. The summed E-state index contributed by atoms with van der Waals surface area (Å²) in [5.41, 5.74) is -0.569. The Morgan fingerprint density at radius 3 is 2.66 bits per heavy atom. The number of guanidine groups is 1. The van der Waals surface area contributed by atoms with E-state index < -0.39 is 5.60 Å². The Morgan fingerprint density at radius 1 is 1.34 bits per heavy atom. The van der Waals surface area contributed by atoms with Crippen molar-refractivity contribution in [3.63, 3.8) is 0 Å². The quantitative estimate of drug-likeness (QED) is 0.587. The molecular weight excluding hydrogens is 370 g/mol. The number of aromatic nitrogens is 1. The maximum absolute atomic E-state index is 12.4. The van der Waals surface area contributed by atoms with Crippen molar-refractivity contribution >= 4 is 12.1 Å². The van der Waals surface area contributed by atoms with E-state index in [2.05, 4.69) is 41.4 Å². The molecule has 1 saturated heterocycles. The van der Waals surface area contributed by atoms with Crippen LogP contribution in [0, 0.1) is 0 Å². The van der Waals surface area contributed by atoms with Crippen molar-refractivity contribution in [1.29, 1.82) is 0 Å². The number of hydrogen-bond acceptors (Lipinski definition) is 5. The molecule has 2 N–H and O–H groups in total. The van der Waals surface area contributed by atoms with Crippen molar-refractivity contribution < 1.29 is 13.9 Å². The molecule has 1 aromatic heterocycles. The third kappa shape index (κ3) is 7.59. The molecule has 8 heteroatoms. The number of aliphatic imine (C=N–C) groups is 1. The lowest BCUT2D eigenvalue weighted by Crippen LogP contribution is -2.53. The average Bonchev–Trinajstić information content (AvgIpc) is 3.08. The lowest BCUT2D eigenvalue weighted by Gasteiger charge is -2.35. The molecule has 2 heterocycles. The fraction of sp³-hybridized carbons (Fsp3) is 0.762. The van der Waals surface area contributed by atoms with Gasteiger partial charge in [0.05, 0.1) is 6.20 Å². The molecule has 0 bridgehead atoms. The number of carbonyl (C=O) groups is 1. The van der Waals surface area contributed by atoms with Crippen LogP contribution in [0.15, 0.2) is 15.6 Å². The molecule has 29 heavy (non-hydrogen) atoms. The fourth-order valence-corrected chi connectivity index (χ4v) is 2.98. The zero-order valence-corrected chi connectivity index (χ0v) is 19.0. The number of amides is 1. The molecule has 8 nitrogen and oxygen atoms in total. The fourth-order valence-electron chi connectivity index (χ4n) is 2.98. The summed E-state index contributed by atoms with van der Waals surface area (Å²) in [5.74, 6) is 2.13. The molecule has 0 aliphatic carbocycles. The standard InChI is InChI=1S/C21H37N5O3/c1-8-22-18(24-13-17-23-12-16(28-17)20(2,3)4)25-15-10-9-11-26(14-15)19(27)29-21(5,6)7/h12,15H,8-11,13-14H2,1-7H3,(H2,22,24,25). The van der Waals surface area contributed by atoms with Crippen LogP contribution in [0.2, 0.25) is 0 Å². The highest BCUT2D eigenvalue weighted by Crippen LogP contribution is 2.22.